The third kappa shape index (κ3) is 3.10. The van der Waals surface area contributed by atoms with E-state index in [0.717, 1.165) is 24.3 Å². The van der Waals surface area contributed by atoms with Crippen molar-refractivity contribution in [3.63, 3.8) is 0 Å². The summed E-state index contributed by atoms with van der Waals surface area (Å²) in [6.45, 7) is 0. The average molecular weight is 387 g/mol. The van der Waals surface area contributed by atoms with Gasteiger partial charge in [-0.05, 0) is 78.2 Å². The lowest BCUT2D eigenvalue weighted by Crippen LogP contribution is -2.36. The molecule has 2 aliphatic rings. The molecule has 2 atom stereocenters. The topological polar surface area (TPSA) is 73.1 Å². The van der Waals surface area contributed by atoms with Crippen LogP contribution >= 0.6 is 11.8 Å². The smallest absolute Gasteiger partial charge is 0.238 e. The van der Waals surface area contributed by atoms with Gasteiger partial charge in [0.15, 0.2) is 0 Å². The molecule has 136 valence electrons. The van der Waals surface area contributed by atoms with Crippen molar-refractivity contribution in [2.45, 2.75) is 41.5 Å². The van der Waals surface area contributed by atoms with Crippen molar-refractivity contribution in [3.8, 4) is 0 Å². The van der Waals surface area contributed by atoms with Gasteiger partial charge in [0.25, 0.3) is 0 Å². The molecule has 1 heterocycles. The summed E-state index contributed by atoms with van der Waals surface area (Å²) in [5.74, 6) is 0.476. The molecule has 0 aliphatic heterocycles. The fourth-order valence-electron chi connectivity index (χ4n) is 4.32. The predicted molar refractivity (Wildman–Crippen MR) is 105 cm³/mol. The maximum Gasteiger partial charge on any atom is 0.238 e. The average Bonchev–Trinajstić information content (AvgIpc) is 3.08. The van der Waals surface area contributed by atoms with Gasteiger partial charge in [0, 0.05) is 6.20 Å². The number of nitrogens with two attached hydrogens (primary N) is 1. The lowest BCUT2D eigenvalue weighted by Gasteiger charge is -2.48. The lowest BCUT2D eigenvalue weighted by molar-refractivity contribution is 0.108. The molecule has 1 aromatic carbocycles. The molecule has 0 bridgehead atoms. The van der Waals surface area contributed by atoms with Crippen LogP contribution in [0.3, 0.4) is 0 Å². The second kappa shape index (κ2) is 6.51. The zero-order valence-electron chi connectivity index (χ0n) is 14.7. The Bertz CT molecular complexity index is 950. The van der Waals surface area contributed by atoms with E-state index in [4.69, 9.17) is 5.14 Å². The molecule has 1 aromatic heterocycles. The maximum absolute atomic E-state index is 11.5. The van der Waals surface area contributed by atoms with Gasteiger partial charge in [-0.1, -0.05) is 24.3 Å². The minimum atomic E-state index is -3.63. The zero-order valence-corrected chi connectivity index (χ0v) is 16.3. The van der Waals surface area contributed by atoms with E-state index < -0.39 is 10.0 Å². The van der Waals surface area contributed by atoms with Crippen LogP contribution in [0.25, 0.3) is 5.57 Å². The SMILES string of the molecule is CSc1ccc(C2=CCC3(CCC3c3ccc(S(N)(=O)=O)cc3)C2)cn1. The number of primary sulfonamides is 1. The van der Waals surface area contributed by atoms with Gasteiger partial charge in [0.2, 0.25) is 10.0 Å². The minimum Gasteiger partial charge on any atom is -0.249 e. The molecule has 0 amide bonds. The summed E-state index contributed by atoms with van der Waals surface area (Å²) < 4.78 is 22.9. The Kier molecular flexibility index (Phi) is 4.45. The number of nitrogens with zero attached hydrogens (tertiary/aromatic N) is 1. The van der Waals surface area contributed by atoms with E-state index >= 15 is 0 Å². The maximum atomic E-state index is 11.5. The molecule has 2 unspecified atom stereocenters. The Morgan fingerprint density at radius 2 is 1.96 bits per heavy atom. The number of sulfonamides is 1. The number of rotatable bonds is 4. The van der Waals surface area contributed by atoms with Gasteiger partial charge in [0.05, 0.1) is 9.92 Å². The summed E-state index contributed by atoms with van der Waals surface area (Å²) in [6.07, 6.45) is 10.9. The van der Waals surface area contributed by atoms with E-state index in [1.54, 1.807) is 23.9 Å². The summed E-state index contributed by atoms with van der Waals surface area (Å²) in [5, 5.41) is 6.25. The van der Waals surface area contributed by atoms with Gasteiger partial charge >= 0.3 is 0 Å². The van der Waals surface area contributed by atoms with Gasteiger partial charge in [-0.2, -0.15) is 0 Å². The van der Waals surface area contributed by atoms with Crippen molar-refractivity contribution in [1.29, 1.82) is 0 Å². The van der Waals surface area contributed by atoms with E-state index in [1.165, 1.54) is 23.1 Å². The Morgan fingerprint density at radius 1 is 1.19 bits per heavy atom. The molecular formula is C20H22N2O2S2. The van der Waals surface area contributed by atoms with Gasteiger partial charge in [-0.3, -0.25) is 0 Å². The Hall–Kier alpha value is -1.63. The first-order valence-electron chi connectivity index (χ1n) is 8.73. The predicted octanol–water partition coefficient (Wildman–Crippen LogP) is 4.19. The minimum absolute atomic E-state index is 0.180. The first-order valence-corrected chi connectivity index (χ1v) is 11.5. The van der Waals surface area contributed by atoms with Crippen LogP contribution in [0.15, 0.2) is 58.6 Å². The van der Waals surface area contributed by atoms with Crippen LogP contribution < -0.4 is 5.14 Å². The van der Waals surface area contributed by atoms with Crippen LogP contribution in [-0.2, 0) is 10.0 Å². The normalized spacial score (nSPS) is 25.2. The fourth-order valence-corrected chi connectivity index (χ4v) is 5.20. The van der Waals surface area contributed by atoms with Crippen molar-refractivity contribution >= 4 is 27.4 Å². The summed E-state index contributed by atoms with van der Waals surface area (Å²) in [7, 11) is -3.63. The first kappa shape index (κ1) is 17.8. The number of benzene rings is 1. The Labute approximate surface area is 159 Å². The van der Waals surface area contributed by atoms with E-state index in [1.807, 2.05) is 24.6 Å². The van der Waals surface area contributed by atoms with Crippen LogP contribution in [0.4, 0.5) is 0 Å². The lowest BCUT2D eigenvalue weighted by atomic mass is 9.56. The van der Waals surface area contributed by atoms with Gasteiger partial charge < -0.3 is 0 Å². The highest BCUT2D eigenvalue weighted by atomic mass is 32.2. The van der Waals surface area contributed by atoms with Crippen molar-refractivity contribution in [2.75, 3.05) is 6.26 Å². The highest BCUT2D eigenvalue weighted by Gasteiger charge is 2.49. The largest absolute Gasteiger partial charge is 0.249 e. The third-order valence-corrected chi connectivity index (χ3v) is 7.48. The number of allylic oxidation sites excluding steroid dienone is 2. The molecule has 6 heteroatoms. The molecule has 2 N–H and O–H groups in total. The zero-order chi connectivity index (χ0) is 18.4. The van der Waals surface area contributed by atoms with E-state index in [2.05, 4.69) is 23.2 Å². The van der Waals surface area contributed by atoms with Gasteiger partial charge in [0.1, 0.15) is 0 Å². The highest BCUT2D eigenvalue weighted by molar-refractivity contribution is 7.98. The van der Waals surface area contributed by atoms with Crippen LogP contribution in [0, 0.1) is 5.41 Å². The number of aromatic nitrogens is 1. The van der Waals surface area contributed by atoms with Crippen LogP contribution in [0.1, 0.15) is 42.7 Å². The summed E-state index contributed by atoms with van der Waals surface area (Å²) >= 11 is 1.65. The van der Waals surface area contributed by atoms with Gasteiger partial charge in [-0.15, -0.1) is 11.8 Å². The van der Waals surface area contributed by atoms with Gasteiger partial charge in [-0.25, -0.2) is 18.5 Å². The van der Waals surface area contributed by atoms with E-state index in [9.17, 15) is 8.42 Å². The van der Waals surface area contributed by atoms with Crippen molar-refractivity contribution in [1.82, 2.24) is 4.98 Å². The molecule has 0 saturated heterocycles. The number of pyridine rings is 1. The second-order valence-corrected chi connectivity index (χ2v) is 9.66. The monoisotopic (exact) mass is 386 g/mol. The summed E-state index contributed by atoms with van der Waals surface area (Å²) in [4.78, 5) is 4.68. The molecule has 1 fully saturated rings. The summed E-state index contributed by atoms with van der Waals surface area (Å²) in [5.41, 5.74) is 4.09. The highest BCUT2D eigenvalue weighted by Crippen LogP contribution is 2.62. The van der Waals surface area contributed by atoms with Crippen molar-refractivity contribution < 1.29 is 8.42 Å². The van der Waals surface area contributed by atoms with Crippen LogP contribution in [0.5, 0.6) is 0 Å². The number of thioether (sulfide) groups is 1. The van der Waals surface area contributed by atoms with Crippen LogP contribution in [-0.4, -0.2) is 19.7 Å². The third-order valence-electron chi connectivity index (χ3n) is 5.89. The van der Waals surface area contributed by atoms with Crippen molar-refractivity contribution in [2.24, 2.45) is 10.6 Å². The molecular weight excluding hydrogens is 364 g/mol. The fraction of sp³-hybridized carbons (Fsp3) is 0.350. The Morgan fingerprint density at radius 3 is 2.50 bits per heavy atom. The quantitative estimate of drug-likeness (QED) is 0.800. The number of hydrogen-bond donors (Lipinski definition) is 1. The molecule has 0 radical (unpaired) electrons. The molecule has 4 nitrogen and oxygen atoms in total. The van der Waals surface area contributed by atoms with E-state index in [-0.39, 0.29) is 10.3 Å². The van der Waals surface area contributed by atoms with Crippen molar-refractivity contribution in [3.05, 3.63) is 59.8 Å². The molecule has 2 aliphatic carbocycles. The second-order valence-electron chi connectivity index (χ2n) is 7.27. The molecule has 1 spiro atoms. The van der Waals surface area contributed by atoms with Crippen LogP contribution in [0.2, 0.25) is 0 Å². The summed E-state index contributed by atoms with van der Waals surface area (Å²) in [6, 6.07) is 11.4. The molecule has 1 saturated carbocycles. The number of hydrogen-bond acceptors (Lipinski definition) is 4. The first-order chi connectivity index (χ1) is 12.4. The molecule has 2 aromatic rings. The standard InChI is InChI=1S/C20H22N2O2S2/c1-25-19-7-4-16(13-22-19)15-8-10-20(12-15)11-9-18(20)14-2-5-17(6-3-14)26(21,23)24/h2-8,13,18H,9-12H2,1H3,(H2,21,23,24). The molecule has 26 heavy (non-hydrogen) atoms. The molecule has 4 rings (SSSR count). The Balaban J connectivity index is 1.52. The van der Waals surface area contributed by atoms with E-state index in [0.29, 0.717) is 5.92 Å².